The van der Waals surface area contributed by atoms with Gasteiger partial charge in [0.25, 0.3) is 0 Å². The molecule has 0 saturated carbocycles. The van der Waals surface area contributed by atoms with Crippen LogP contribution in [0.3, 0.4) is 0 Å². The average molecular weight is 174 g/mol. The molecule has 0 aliphatic rings. The van der Waals surface area contributed by atoms with Crippen LogP contribution in [0.4, 0.5) is 0 Å². The number of primary amides is 1. The number of alkyl halides is 1. The summed E-state index contributed by atoms with van der Waals surface area (Å²) in [5.74, 6) is -0.529. The predicted molar refractivity (Wildman–Crippen MR) is 47.4 cm³/mol. The normalized spacial score (nSPS) is 10.6. The molecular formula is C8H12ClNO. The molecule has 0 atom stereocenters. The molecule has 2 N–H and O–H groups in total. The van der Waals surface area contributed by atoms with Gasteiger partial charge >= 0.3 is 0 Å². The number of nitrogens with two attached hydrogens (primary N) is 1. The minimum Gasteiger partial charge on any atom is -0.368 e. The van der Waals surface area contributed by atoms with Crippen LogP contribution in [-0.4, -0.2) is 10.8 Å². The van der Waals surface area contributed by atoms with E-state index in [4.69, 9.17) is 17.3 Å². The second kappa shape index (κ2) is 4.19. The zero-order valence-corrected chi connectivity index (χ0v) is 7.10. The van der Waals surface area contributed by atoms with E-state index in [0.29, 0.717) is 12.8 Å². The molecule has 11 heavy (non-hydrogen) atoms. The first-order chi connectivity index (χ1) is 5.06. The molecular weight excluding hydrogens is 162 g/mol. The van der Waals surface area contributed by atoms with E-state index in [0.717, 1.165) is 0 Å². The van der Waals surface area contributed by atoms with Gasteiger partial charge in [0, 0.05) is 0 Å². The van der Waals surface area contributed by atoms with Crippen LogP contribution < -0.4 is 5.73 Å². The van der Waals surface area contributed by atoms with Crippen molar-refractivity contribution in [2.75, 3.05) is 0 Å². The Bertz CT molecular complexity index is 167. The summed E-state index contributed by atoms with van der Waals surface area (Å²) in [5.41, 5.74) is 5.08. The van der Waals surface area contributed by atoms with Crippen molar-refractivity contribution in [3.63, 3.8) is 0 Å². The van der Waals surface area contributed by atoms with Gasteiger partial charge in [-0.25, -0.2) is 0 Å². The van der Waals surface area contributed by atoms with Crippen LogP contribution in [0.25, 0.3) is 0 Å². The van der Waals surface area contributed by atoms with Gasteiger partial charge in [-0.2, -0.15) is 0 Å². The first-order valence-corrected chi connectivity index (χ1v) is 3.65. The summed E-state index contributed by atoms with van der Waals surface area (Å²) in [7, 11) is 0. The van der Waals surface area contributed by atoms with Gasteiger partial charge in [0.2, 0.25) is 5.91 Å². The Hall–Kier alpha value is -0.760. The van der Waals surface area contributed by atoms with Crippen molar-refractivity contribution in [2.24, 2.45) is 5.73 Å². The number of amides is 1. The van der Waals surface area contributed by atoms with Crippen molar-refractivity contribution in [3.8, 4) is 0 Å². The van der Waals surface area contributed by atoms with Crippen molar-refractivity contribution in [3.05, 3.63) is 25.3 Å². The molecule has 0 bridgehead atoms. The van der Waals surface area contributed by atoms with Crippen LogP contribution in [0.5, 0.6) is 0 Å². The summed E-state index contributed by atoms with van der Waals surface area (Å²) < 4.78 is 0. The third-order valence-electron chi connectivity index (χ3n) is 1.38. The van der Waals surface area contributed by atoms with E-state index in [-0.39, 0.29) is 0 Å². The average Bonchev–Trinajstić information content (AvgIpc) is 1.88. The summed E-state index contributed by atoms with van der Waals surface area (Å²) in [6.07, 6.45) is 3.88. The molecule has 0 saturated heterocycles. The quantitative estimate of drug-likeness (QED) is 0.498. The van der Waals surface area contributed by atoms with E-state index in [9.17, 15) is 4.79 Å². The largest absolute Gasteiger partial charge is 0.368 e. The van der Waals surface area contributed by atoms with Gasteiger partial charge in [0.15, 0.2) is 0 Å². The number of rotatable bonds is 5. The molecule has 0 aliphatic carbocycles. The van der Waals surface area contributed by atoms with Gasteiger partial charge in [-0.15, -0.1) is 24.8 Å². The standard InChI is InChI=1S/C8H12ClNO/c1-3-5-8(9,6-4-2)7(10)11/h3-4H,1-2,5-6H2,(H2,10,11). The summed E-state index contributed by atoms with van der Waals surface area (Å²) >= 11 is 5.86. The molecule has 1 amide bonds. The van der Waals surface area contributed by atoms with Crippen LogP contribution in [0.1, 0.15) is 12.8 Å². The Balaban J connectivity index is 4.35. The predicted octanol–water partition coefficient (Wildman–Crippen LogP) is 1.60. The fourth-order valence-electron chi connectivity index (χ4n) is 0.742. The van der Waals surface area contributed by atoms with Crippen LogP contribution in [0.2, 0.25) is 0 Å². The Labute approximate surface area is 71.7 Å². The lowest BCUT2D eigenvalue weighted by atomic mass is 10.00. The van der Waals surface area contributed by atoms with E-state index in [2.05, 4.69) is 13.2 Å². The molecule has 0 aromatic rings. The third-order valence-corrected chi connectivity index (χ3v) is 1.87. The maximum atomic E-state index is 10.8. The van der Waals surface area contributed by atoms with Gasteiger partial charge < -0.3 is 5.73 Å². The van der Waals surface area contributed by atoms with Gasteiger partial charge in [0.1, 0.15) is 4.87 Å². The fraction of sp³-hybridized carbons (Fsp3) is 0.375. The number of halogens is 1. The highest BCUT2D eigenvalue weighted by Gasteiger charge is 2.30. The first-order valence-electron chi connectivity index (χ1n) is 3.27. The van der Waals surface area contributed by atoms with Crippen molar-refractivity contribution >= 4 is 17.5 Å². The molecule has 3 heteroatoms. The highest BCUT2D eigenvalue weighted by atomic mass is 35.5. The van der Waals surface area contributed by atoms with Crippen molar-refractivity contribution in [2.45, 2.75) is 17.7 Å². The van der Waals surface area contributed by atoms with E-state index in [1.165, 1.54) is 0 Å². The number of carbonyl (C=O) groups is 1. The number of hydrogen-bond donors (Lipinski definition) is 1. The monoisotopic (exact) mass is 173 g/mol. The molecule has 62 valence electrons. The van der Waals surface area contributed by atoms with Crippen molar-refractivity contribution in [1.29, 1.82) is 0 Å². The lowest BCUT2D eigenvalue weighted by molar-refractivity contribution is -0.120. The van der Waals surface area contributed by atoms with Crippen LogP contribution >= 0.6 is 11.6 Å². The summed E-state index contributed by atoms with van der Waals surface area (Å²) in [4.78, 5) is 9.77. The van der Waals surface area contributed by atoms with Gasteiger partial charge in [-0.3, -0.25) is 4.79 Å². The molecule has 0 unspecified atom stereocenters. The molecule has 0 spiro atoms. The van der Waals surface area contributed by atoms with E-state index < -0.39 is 10.8 Å². The molecule has 0 heterocycles. The first kappa shape index (κ1) is 10.2. The smallest absolute Gasteiger partial charge is 0.239 e. The highest BCUT2D eigenvalue weighted by Crippen LogP contribution is 2.24. The van der Waals surface area contributed by atoms with Crippen LogP contribution in [-0.2, 0) is 4.79 Å². The second-order valence-corrected chi connectivity index (χ2v) is 3.04. The number of carbonyl (C=O) groups excluding carboxylic acids is 1. The van der Waals surface area contributed by atoms with E-state index >= 15 is 0 Å². The molecule has 0 aromatic heterocycles. The zero-order chi connectivity index (χ0) is 8.91. The topological polar surface area (TPSA) is 43.1 Å². The van der Waals surface area contributed by atoms with E-state index in [1.54, 1.807) is 12.2 Å². The zero-order valence-electron chi connectivity index (χ0n) is 6.35. The Morgan fingerprint density at radius 2 is 1.82 bits per heavy atom. The highest BCUT2D eigenvalue weighted by molar-refractivity contribution is 6.34. The molecule has 0 aromatic carbocycles. The second-order valence-electron chi connectivity index (χ2n) is 2.32. The number of allylic oxidation sites excluding steroid dienone is 2. The minimum atomic E-state index is -1.02. The van der Waals surface area contributed by atoms with Crippen molar-refractivity contribution in [1.82, 2.24) is 0 Å². The maximum absolute atomic E-state index is 10.8. The third kappa shape index (κ3) is 2.76. The van der Waals surface area contributed by atoms with Crippen molar-refractivity contribution < 1.29 is 4.79 Å². The Morgan fingerprint density at radius 1 is 1.45 bits per heavy atom. The summed E-state index contributed by atoms with van der Waals surface area (Å²) in [6, 6.07) is 0. The van der Waals surface area contributed by atoms with Gasteiger partial charge in [0.05, 0.1) is 0 Å². The van der Waals surface area contributed by atoms with E-state index in [1.807, 2.05) is 0 Å². The van der Waals surface area contributed by atoms with Crippen LogP contribution in [0.15, 0.2) is 25.3 Å². The molecule has 0 aliphatic heterocycles. The van der Waals surface area contributed by atoms with Gasteiger partial charge in [-0.05, 0) is 12.8 Å². The Kier molecular flexibility index (Phi) is 3.90. The van der Waals surface area contributed by atoms with Gasteiger partial charge in [-0.1, -0.05) is 12.2 Å². The van der Waals surface area contributed by atoms with Crippen LogP contribution in [0, 0.1) is 0 Å². The maximum Gasteiger partial charge on any atom is 0.239 e. The molecule has 0 rings (SSSR count). The Morgan fingerprint density at radius 3 is 2.00 bits per heavy atom. The lowest BCUT2D eigenvalue weighted by Crippen LogP contribution is -2.37. The minimum absolute atomic E-state index is 0.371. The lowest BCUT2D eigenvalue weighted by Gasteiger charge is -2.19. The number of hydrogen-bond acceptors (Lipinski definition) is 1. The molecule has 0 radical (unpaired) electrons. The summed E-state index contributed by atoms with van der Waals surface area (Å²) in [6.45, 7) is 6.97. The molecule has 2 nitrogen and oxygen atoms in total. The molecule has 0 fully saturated rings. The SMILES string of the molecule is C=CCC(Cl)(CC=C)C(N)=O. The summed E-state index contributed by atoms with van der Waals surface area (Å²) in [5, 5.41) is 0. The fourth-order valence-corrected chi connectivity index (χ4v) is 0.960.